The lowest BCUT2D eigenvalue weighted by Gasteiger charge is -2.14. The molecule has 0 aliphatic rings. The Balaban J connectivity index is 2.26. The summed E-state index contributed by atoms with van der Waals surface area (Å²) in [5.41, 5.74) is 0.620. The second-order valence-electron chi connectivity index (χ2n) is 4.61. The number of nitro groups is 1. The van der Waals surface area contributed by atoms with Crippen molar-refractivity contribution in [3.05, 3.63) is 49.7 Å². The number of hydrogen-bond acceptors (Lipinski definition) is 4. The van der Waals surface area contributed by atoms with Crippen molar-refractivity contribution < 1.29 is 9.72 Å². The number of halogens is 2. The highest BCUT2D eigenvalue weighted by Crippen LogP contribution is 2.28. The van der Waals surface area contributed by atoms with Crippen LogP contribution in [-0.2, 0) is 4.79 Å². The molecule has 1 heterocycles. The zero-order chi connectivity index (χ0) is 16.4. The average molecular weight is 388 g/mol. The lowest BCUT2D eigenvalue weighted by atomic mass is 10.2. The largest absolute Gasteiger partial charge is 0.319 e. The molecule has 1 N–H and O–H groups in total. The molecule has 116 valence electrons. The molecule has 1 atom stereocenters. The molecule has 1 unspecified atom stereocenters. The van der Waals surface area contributed by atoms with E-state index < -0.39 is 16.9 Å². The maximum Gasteiger partial charge on any atom is 0.294 e. The molecule has 2 rings (SSSR count). The van der Waals surface area contributed by atoms with Crippen LogP contribution in [0, 0.1) is 17.0 Å². The predicted octanol–water partition coefficient (Wildman–Crippen LogP) is 3.72. The molecule has 0 bridgehead atoms. The van der Waals surface area contributed by atoms with E-state index in [0.29, 0.717) is 0 Å². The second-order valence-corrected chi connectivity index (χ2v) is 5.90. The minimum atomic E-state index is -0.624. The van der Waals surface area contributed by atoms with Crippen molar-refractivity contribution in [3.63, 3.8) is 0 Å². The van der Waals surface area contributed by atoms with E-state index in [1.807, 2.05) is 6.92 Å². The summed E-state index contributed by atoms with van der Waals surface area (Å²) in [6.45, 7) is 3.47. The number of carbonyl (C=O) groups is 1. The van der Waals surface area contributed by atoms with Gasteiger partial charge in [-0.1, -0.05) is 11.6 Å². The van der Waals surface area contributed by atoms with Crippen LogP contribution >= 0.6 is 27.5 Å². The number of amides is 1. The van der Waals surface area contributed by atoms with Crippen molar-refractivity contribution in [2.75, 3.05) is 5.32 Å². The van der Waals surface area contributed by atoms with E-state index in [2.05, 4.69) is 26.3 Å². The van der Waals surface area contributed by atoms with E-state index in [-0.39, 0.29) is 16.4 Å². The maximum atomic E-state index is 12.3. The molecule has 0 radical (unpaired) electrons. The van der Waals surface area contributed by atoms with Crippen LogP contribution in [0.1, 0.15) is 18.7 Å². The normalized spacial score (nSPS) is 12.0. The van der Waals surface area contributed by atoms with Gasteiger partial charge < -0.3 is 5.32 Å². The van der Waals surface area contributed by atoms with Crippen LogP contribution < -0.4 is 5.32 Å². The maximum absolute atomic E-state index is 12.3. The molecule has 1 amide bonds. The van der Waals surface area contributed by atoms with Gasteiger partial charge in [-0.25, -0.2) is 0 Å². The fourth-order valence-corrected chi connectivity index (χ4v) is 2.34. The van der Waals surface area contributed by atoms with Crippen molar-refractivity contribution in [2.24, 2.45) is 0 Å². The smallest absolute Gasteiger partial charge is 0.294 e. The summed E-state index contributed by atoms with van der Waals surface area (Å²) >= 11 is 9.06. The Morgan fingerprint density at radius 1 is 1.55 bits per heavy atom. The predicted molar refractivity (Wildman–Crippen MR) is 86.1 cm³/mol. The number of nitro benzene ring substituents is 1. The van der Waals surface area contributed by atoms with Gasteiger partial charge >= 0.3 is 0 Å². The number of benzene rings is 1. The summed E-state index contributed by atoms with van der Waals surface area (Å²) in [6, 6.07) is 3.45. The molecule has 0 saturated carbocycles. The van der Waals surface area contributed by atoms with Crippen LogP contribution in [0.4, 0.5) is 11.4 Å². The number of aromatic nitrogens is 2. The number of nitrogens with zero attached hydrogens (tertiary/aromatic N) is 3. The van der Waals surface area contributed by atoms with Crippen LogP contribution in [0.5, 0.6) is 0 Å². The molecule has 1 aromatic carbocycles. The zero-order valence-electron chi connectivity index (χ0n) is 11.7. The van der Waals surface area contributed by atoms with Crippen molar-refractivity contribution in [3.8, 4) is 0 Å². The summed E-state index contributed by atoms with van der Waals surface area (Å²) in [5, 5.41) is 17.9. The Bertz CT molecular complexity index is 747. The molecule has 0 aliphatic carbocycles. The van der Waals surface area contributed by atoms with Gasteiger partial charge in [0, 0.05) is 11.1 Å². The lowest BCUT2D eigenvalue weighted by molar-refractivity contribution is -0.383. The molecule has 1 aromatic heterocycles. The third-order valence-corrected chi connectivity index (χ3v) is 4.16. The average Bonchev–Trinajstić information content (AvgIpc) is 2.79. The third kappa shape index (κ3) is 3.28. The minimum Gasteiger partial charge on any atom is -0.319 e. The number of rotatable bonds is 4. The first-order chi connectivity index (χ1) is 10.3. The summed E-state index contributed by atoms with van der Waals surface area (Å²) in [7, 11) is 0. The first kappa shape index (κ1) is 16.4. The molecule has 0 fully saturated rings. The molecule has 0 aliphatic heterocycles. The van der Waals surface area contributed by atoms with Crippen molar-refractivity contribution >= 4 is 44.8 Å². The van der Waals surface area contributed by atoms with Crippen LogP contribution in [0.15, 0.2) is 28.9 Å². The fraction of sp³-hybridized carbons (Fsp3) is 0.231. The molecule has 0 saturated heterocycles. The molecule has 0 spiro atoms. The summed E-state index contributed by atoms with van der Waals surface area (Å²) in [6.07, 6.45) is 1.59. The van der Waals surface area contributed by atoms with Gasteiger partial charge in [0.05, 0.1) is 21.3 Å². The molecular weight excluding hydrogens is 376 g/mol. The van der Waals surface area contributed by atoms with Gasteiger partial charge in [-0.05, 0) is 41.9 Å². The Morgan fingerprint density at radius 2 is 2.23 bits per heavy atom. The van der Waals surface area contributed by atoms with Crippen LogP contribution in [0.25, 0.3) is 0 Å². The van der Waals surface area contributed by atoms with Crippen molar-refractivity contribution in [1.82, 2.24) is 9.78 Å². The van der Waals surface area contributed by atoms with Gasteiger partial charge in [0.15, 0.2) is 0 Å². The minimum absolute atomic E-state index is 0.0927. The molecule has 9 heteroatoms. The standard InChI is InChI=1S/C13H12BrClN4O3/c1-7-10(14)6-16-18(7)8(2)13(20)17-11-4-3-9(15)5-12(11)19(21)22/h3-6,8H,1-2H3,(H,17,20). The second kappa shape index (κ2) is 6.45. The highest BCUT2D eigenvalue weighted by molar-refractivity contribution is 9.10. The molecule has 7 nitrogen and oxygen atoms in total. The van der Waals surface area contributed by atoms with E-state index in [0.717, 1.165) is 10.2 Å². The van der Waals surface area contributed by atoms with E-state index in [9.17, 15) is 14.9 Å². The Kier molecular flexibility index (Phi) is 4.82. The van der Waals surface area contributed by atoms with Crippen molar-refractivity contribution in [2.45, 2.75) is 19.9 Å². The lowest BCUT2D eigenvalue weighted by Crippen LogP contribution is -2.25. The number of carbonyl (C=O) groups excluding carboxylic acids is 1. The summed E-state index contributed by atoms with van der Waals surface area (Å²) < 4.78 is 2.31. The van der Waals surface area contributed by atoms with Gasteiger partial charge in [0.1, 0.15) is 11.7 Å². The van der Waals surface area contributed by atoms with E-state index in [4.69, 9.17) is 11.6 Å². The Hall–Kier alpha value is -1.93. The van der Waals surface area contributed by atoms with E-state index in [1.54, 1.807) is 13.1 Å². The van der Waals surface area contributed by atoms with Gasteiger partial charge in [-0.3, -0.25) is 19.6 Å². The van der Waals surface area contributed by atoms with Crippen LogP contribution in [-0.4, -0.2) is 20.6 Å². The highest BCUT2D eigenvalue weighted by Gasteiger charge is 2.22. The summed E-state index contributed by atoms with van der Waals surface area (Å²) in [5.74, 6) is -0.413. The van der Waals surface area contributed by atoms with Gasteiger partial charge in [-0.15, -0.1) is 0 Å². The van der Waals surface area contributed by atoms with E-state index in [1.165, 1.54) is 22.9 Å². The highest BCUT2D eigenvalue weighted by atomic mass is 79.9. The summed E-state index contributed by atoms with van der Waals surface area (Å²) in [4.78, 5) is 22.7. The first-order valence-corrected chi connectivity index (χ1v) is 7.42. The fourth-order valence-electron chi connectivity index (χ4n) is 1.90. The van der Waals surface area contributed by atoms with Crippen LogP contribution in [0.2, 0.25) is 5.02 Å². The van der Waals surface area contributed by atoms with Crippen LogP contribution in [0.3, 0.4) is 0 Å². The zero-order valence-corrected chi connectivity index (χ0v) is 14.1. The van der Waals surface area contributed by atoms with Gasteiger partial charge in [0.25, 0.3) is 5.69 Å². The Morgan fingerprint density at radius 3 is 2.77 bits per heavy atom. The van der Waals surface area contributed by atoms with Gasteiger partial charge in [-0.2, -0.15) is 5.10 Å². The SMILES string of the molecule is Cc1c(Br)cnn1C(C)C(=O)Nc1ccc(Cl)cc1[N+](=O)[O-]. The number of anilines is 1. The third-order valence-electron chi connectivity index (χ3n) is 3.15. The number of nitrogens with one attached hydrogen (secondary N) is 1. The van der Waals surface area contributed by atoms with E-state index >= 15 is 0 Å². The van der Waals surface area contributed by atoms with Crippen molar-refractivity contribution in [1.29, 1.82) is 0 Å². The first-order valence-electron chi connectivity index (χ1n) is 6.25. The Labute approximate surface area is 139 Å². The molecule has 2 aromatic rings. The monoisotopic (exact) mass is 386 g/mol. The molecular formula is C13H12BrClN4O3. The topological polar surface area (TPSA) is 90.1 Å². The number of hydrogen-bond donors (Lipinski definition) is 1. The van der Waals surface area contributed by atoms with Gasteiger partial charge in [0.2, 0.25) is 5.91 Å². The quantitative estimate of drug-likeness (QED) is 0.639. The molecule has 22 heavy (non-hydrogen) atoms.